The Balaban J connectivity index is 1.38. The smallest absolute Gasteiger partial charge is 0.405 e. The standard InChI is InChI=1S/C37H35F4NO2Si/c1-36(2,3)45(31-12-6-4-7-13-31,32-14-8-5-9-15-32)44-25-30(24-38)42-35(43)28-19-22-34-27(23-28)11-10-16-33(34)26-17-20-29(21-18-26)37(39,40)41/h4-23,30H,24-25H2,1-3H3,(H,42,43). The van der Waals surface area contributed by atoms with E-state index in [1.807, 2.05) is 48.5 Å². The highest BCUT2D eigenvalue weighted by Gasteiger charge is 2.50. The number of amides is 1. The lowest BCUT2D eigenvalue weighted by atomic mass is 9.96. The molecule has 0 saturated carbocycles. The molecule has 0 saturated heterocycles. The minimum absolute atomic E-state index is 0.0127. The van der Waals surface area contributed by atoms with Crippen LogP contribution in [0.2, 0.25) is 5.04 Å². The largest absolute Gasteiger partial charge is 0.416 e. The summed E-state index contributed by atoms with van der Waals surface area (Å²) in [5.41, 5.74) is 1.00. The molecule has 5 aromatic carbocycles. The van der Waals surface area contributed by atoms with Crippen LogP contribution in [0.5, 0.6) is 0 Å². The van der Waals surface area contributed by atoms with Crippen molar-refractivity contribution < 1.29 is 26.8 Å². The SMILES string of the molecule is CC(C)(C)[Si](OCC(CF)NC(=O)c1ccc2c(-c3ccc(C(F)(F)F)cc3)cccc2c1)(c1ccccc1)c1ccccc1. The van der Waals surface area contributed by atoms with Gasteiger partial charge in [-0.25, -0.2) is 4.39 Å². The number of alkyl halides is 4. The van der Waals surface area contributed by atoms with Gasteiger partial charge in [-0.15, -0.1) is 0 Å². The molecule has 0 aliphatic rings. The number of hydrogen-bond donors (Lipinski definition) is 1. The summed E-state index contributed by atoms with van der Waals surface area (Å²) >= 11 is 0. The second-order valence-corrected chi connectivity index (χ2v) is 16.4. The van der Waals surface area contributed by atoms with Crippen LogP contribution in [0.4, 0.5) is 17.6 Å². The molecular formula is C37H35F4NO2Si. The average Bonchev–Trinajstić information content (AvgIpc) is 3.04. The Morgan fingerprint density at radius 1 is 0.778 bits per heavy atom. The lowest BCUT2D eigenvalue weighted by molar-refractivity contribution is -0.137. The van der Waals surface area contributed by atoms with Crippen LogP contribution in [0.1, 0.15) is 36.7 Å². The first-order chi connectivity index (χ1) is 21.4. The molecule has 5 aromatic rings. The van der Waals surface area contributed by atoms with Crippen molar-refractivity contribution in [1.82, 2.24) is 5.32 Å². The van der Waals surface area contributed by atoms with Gasteiger partial charge in [0.2, 0.25) is 0 Å². The maximum atomic E-state index is 14.5. The molecule has 0 aliphatic heterocycles. The molecule has 232 valence electrons. The fourth-order valence-electron chi connectivity index (χ4n) is 5.90. The van der Waals surface area contributed by atoms with E-state index in [1.165, 1.54) is 12.1 Å². The normalized spacial score (nSPS) is 13.0. The monoisotopic (exact) mass is 629 g/mol. The molecule has 0 bridgehead atoms. The van der Waals surface area contributed by atoms with Crippen LogP contribution in [0, 0.1) is 0 Å². The van der Waals surface area contributed by atoms with Crippen molar-refractivity contribution in [2.24, 2.45) is 0 Å². The molecule has 1 amide bonds. The number of nitrogens with one attached hydrogen (secondary N) is 1. The van der Waals surface area contributed by atoms with E-state index < -0.39 is 38.7 Å². The van der Waals surface area contributed by atoms with Crippen LogP contribution in [0.3, 0.4) is 0 Å². The molecule has 1 N–H and O–H groups in total. The van der Waals surface area contributed by atoms with Gasteiger partial charge in [0.05, 0.1) is 18.2 Å². The summed E-state index contributed by atoms with van der Waals surface area (Å²) in [6, 6.07) is 34.7. The van der Waals surface area contributed by atoms with Crippen LogP contribution < -0.4 is 15.7 Å². The van der Waals surface area contributed by atoms with E-state index in [2.05, 4.69) is 50.4 Å². The topological polar surface area (TPSA) is 38.3 Å². The van der Waals surface area contributed by atoms with Gasteiger partial charge in [-0.1, -0.05) is 118 Å². The number of benzene rings is 5. The predicted molar refractivity (Wildman–Crippen MR) is 175 cm³/mol. The molecule has 5 rings (SSSR count). The van der Waals surface area contributed by atoms with Crippen molar-refractivity contribution >= 4 is 35.4 Å². The quantitative estimate of drug-likeness (QED) is 0.132. The summed E-state index contributed by atoms with van der Waals surface area (Å²) in [6.45, 7) is 5.58. The van der Waals surface area contributed by atoms with E-state index in [0.717, 1.165) is 38.8 Å². The Morgan fingerprint density at radius 2 is 1.38 bits per heavy atom. The summed E-state index contributed by atoms with van der Waals surface area (Å²) in [6.07, 6.45) is -4.42. The van der Waals surface area contributed by atoms with E-state index in [4.69, 9.17) is 4.43 Å². The van der Waals surface area contributed by atoms with Gasteiger partial charge in [-0.3, -0.25) is 4.79 Å². The Hall–Kier alpha value is -4.27. The molecular weight excluding hydrogens is 594 g/mol. The lowest BCUT2D eigenvalue weighted by Crippen LogP contribution is -2.67. The van der Waals surface area contributed by atoms with E-state index in [-0.39, 0.29) is 11.6 Å². The van der Waals surface area contributed by atoms with Crippen LogP contribution >= 0.6 is 0 Å². The molecule has 45 heavy (non-hydrogen) atoms. The van der Waals surface area contributed by atoms with E-state index >= 15 is 0 Å². The second kappa shape index (κ2) is 13.0. The van der Waals surface area contributed by atoms with Crippen LogP contribution in [0.25, 0.3) is 21.9 Å². The number of halogens is 4. The molecule has 8 heteroatoms. The van der Waals surface area contributed by atoms with Gasteiger partial charge in [0.1, 0.15) is 6.67 Å². The summed E-state index contributed by atoms with van der Waals surface area (Å²) in [5.74, 6) is -0.439. The highest BCUT2D eigenvalue weighted by atomic mass is 28.4. The van der Waals surface area contributed by atoms with E-state index in [0.29, 0.717) is 11.1 Å². The summed E-state index contributed by atoms with van der Waals surface area (Å²) in [5, 5.41) is 6.16. The Labute approximate surface area is 262 Å². The first kappa shape index (κ1) is 32.1. The van der Waals surface area contributed by atoms with Crippen molar-refractivity contribution in [3.63, 3.8) is 0 Å². The molecule has 0 aromatic heterocycles. The molecule has 0 aliphatic carbocycles. The Kier molecular flexibility index (Phi) is 9.27. The molecule has 0 heterocycles. The van der Waals surface area contributed by atoms with Crippen molar-refractivity contribution in [2.75, 3.05) is 13.3 Å². The molecule has 0 fully saturated rings. The van der Waals surface area contributed by atoms with Crippen molar-refractivity contribution in [3.05, 3.63) is 132 Å². The third-order valence-corrected chi connectivity index (χ3v) is 13.1. The summed E-state index contributed by atoms with van der Waals surface area (Å²) in [7, 11) is -2.93. The number of rotatable bonds is 9. The first-order valence-electron chi connectivity index (χ1n) is 14.8. The molecule has 1 atom stereocenters. The Morgan fingerprint density at radius 3 is 1.91 bits per heavy atom. The number of carbonyl (C=O) groups is 1. The van der Waals surface area contributed by atoms with Gasteiger partial charge in [0, 0.05) is 5.56 Å². The van der Waals surface area contributed by atoms with Crippen molar-refractivity contribution in [3.8, 4) is 11.1 Å². The summed E-state index contributed by atoms with van der Waals surface area (Å²) in [4.78, 5) is 13.4. The minimum Gasteiger partial charge on any atom is -0.405 e. The molecule has 1 unspecified atom stereocenters. The third kappa shape index (κ3) is 6.72. The van der Waals surface area contributed by atoms with Crippen LogP contribution in [-0.2, 0) is 10.6 Å². The van der Waals surface area contributed by atoms with Gasteiger partial charge >= 0.3 is 6.18 Å². The lowest BCUT2D eigenvalue weighted by Gasteiger charge is -2.43. The highest BCUT2D eigenvalue weighted by molar-refractivity contribution is 6.99. The second-order valence-electron chi connectivity index (χ2n) is 12.1. The third-order valence-electron chi connectivity index (χ3n) is 8.11. The zero-order chi connectivity index (χ0) is 32.2. The van der Waals surface area contributed by atoms with Gasteiger partial charge in [0.15, 0.2) is 0 Å². The van der Waals surface area contributed by atoms with Gasteiger partial charge in [-0.05, 0) is 61.6 Å². The number of hydrogen-bond acceptors (Lipinski definition) is 2. The minimum atomic E-state index is -4.42. The predicted octanol–water partition coefficient (Wildman–Crippen LogP) is 8.17. The average molecular weight is 630 g/mol. The van der Waals surface area contributed by atoms with Gasteiger partial charge < -0.3 is 9.74 Å². The molecule has 3 nitrogen and oxygen atoms in total. The fourth-order valence-corrected chi connectivity index (χ4v) is 10.5. The fraction of sp³-hybridized carbons (Fsp3) is 0.216. The summed E-state index contributed by atoms with van der Waals surface area (Å²) < 4.78 is 60.5. The van der Waals surface area contributed by atoms with Gasteiger partial charge in [-0.2, -0.15) is 13.2 Å². The van der Waals surface area contributed by atoms with E-state index in [9.17, 15) is 22.4 Å². The van der Waals surface area contributed by atoms with Crippen molar-refractivity contribution in [1.29, 1.82) is 0 Å². The zero-order valence-electron chi connectivity index (χ0n) is 25.4. The Bertz CT molecular complexity index is 1710. The number of fused-ring (bicyclic) bond motifs is 1. The van der Waals surface area contributed by atoms with Crippen LogP contribution in [-0.4, -0.2) is 33.5 Å². The number of carbonyl (C=O) groups excluding carboxylic acids is 1. The maximum absolute atomic E-state index is 14.5. The maximum Gasteiger partial charge on any atom is 0.416 e. The molecule has 0 spiro atoms. The molecule has 0 radical (unpaired) electrons. The zero-order valence-corrected chi connectivity index (χ0v) is 26.4. The van der Waals surface area contributed by atoms with Crippen molar-refractivity contribution in [2.45, 2.75) is 38.0 Å². The van der Waals surface area contributed by atoms with E-state index in [1.54, 1.807) is 24.3 Å². The first-order valence-corrected chi connectivity index (χ1v) is 16.7. The van der Waals surface area contributed by atoms with Crippen LogP contribution in [0.15, 0.2) is 121 Å². The highest BCUT2D eigenvalue weighted by Crippen LogP contribution is 2.37. The van der Waals surface area contributed by atoms with Gasteiger partial charge in [0.25, 0.3) is 14.2 Å².